The molecule has 3 heteroatoms. The highest BCUT2D eigenvalue weighted by Gasteiger charge is 2.15. The summed E-state index contributed by atoms with van der Waals surface area (Å²) in [6, 6.07) is 2.75. The van der Waals surface area contributed by atoms with Crippen LogP contribution in [0.15, 0.2) is 18.5 Å². The van der Waals surface area contributed by atoms with Crippen LogP contribution in [0.4, 0.5) is 0 Å². The molecule has 0 aromatic carbocycles. The van der Waals surface area contributed by atoms with Crippen molar-refractivity contribution in [3.05, 3.63) is 24.0 Å². The fourth-order valence-electron chi connectivity index (χ4n) is 2.39. The van der Waals surface area contributed by atoms with Crippen LogP contribution in [-0.4, -0.2) is 36.7 Å². The SMILES string of the molecule is CCCNC(c1ccn(CCCN(C)C)c1)C(C)C. The summed E-state index contributed by atoms with van der Waals surface area (Å²) in [6.07, 6.45) is 6.92. The van der Waals surface area contributed by atoms with Gasteiger partial charge in [0.2, 0.25) is 0 Å². The van der Waals surface area contributed by atoms with Crippen LogP contribution in [0.1, 0.15) is 45.2 Å². The van der Waals surface area contributed by atoms with Gasteiger partial charge in [0.15, 0.2) is 0 Å². The minimum absolute atomic E-state index is 0.482. The first kappa shape index (κ1) is 16.3. The zero-order chi connectivity index (χ0) is 14.3. The van der Waals surface area contributed by atoms with E-state index in [1.54, 1.807) is 0 Å². The molecule has 3 nitrogen and oxygen atoms in total. The lowest BCUT2D eigenvalue weighted by Gasteiger charge is -2.21. The Morgan fingerprint density at radius 2 is 2.05 bits per heavy atom. The van der Waals surface area contributed by atoms with E-state index in [9.17, 15) is 0 Å². The average Bonchev–Trinajstić information content (AvgIpc) is 2.77. The summed E-state index contributed by atoms with van der Waals surface area (Å²) < 4.78 is 2.32. The molecule has 0 aliphatic heterocycles. The topological polar surface area (TPSA) is 20.2 Å². The van der Waals surface area contributed by atoms with E-state index in [2.05, 4.69) is 68.1 Å². The van der Waals surface area contributed by atoms with Gasteiger partial charge in [0, 0.05) is 25.0 Å². The molecule has 0 spiro atoms. The van der Waals surface area contributed by atoms with E-state index >= 15 is 0 Å². The van der Waals surface area contributed by atoms with Gasteiger partial charge in [0.1, 0.15) is 0 Å². The van der Waals surface area contributed by atoms with Crippen molar-refractivity contribution in [3.63, 3.8) is 0 Å². The summed E-state index contributed by atoms with van der Waals surface area (Å²) in [5, 5.41) is 3.65. The third-order valence-corrected chi connectivity index (χ3v) is 3.44. The highest BCUT2D eigenvalue weighted by atomic mass is 15.1. The molecule has 0 bridgehead atoms. The van der Waals surface area contributed by atoms with Gasteiger partial charge in [-0.15, -0.1) is 0 Å². The van der Waals surface area contributed by atoms with Crippen molar-refractivity contribution in [2.45, 2.75) is 46.2 Å². The minimum atomic E-state index is 0.482. The Kier molecular flexibility index (Phi) is 7.17. The summed E-state index contributed by atoms with van der Waals surface area (Å²) in [7, 11) is 4.26. The first-order valence-electron chi connectivity index (χ1n) is 7.58. The number of hydrogen-bond acceptors (Lipinski definition) is 2. The predicted molar refractivity (Wildman–Crippen MR) is 83.5 cm³/mol. The van der Waals surface area contributed by atoms with E-state index in [1.165, 1.54) is 18.4 Å². The lowest BCUT2D eigenvalue weighted by molar-refractivity contribution is 0.385. The zero-order valence-corrected chi connectivity index (χ0v) is 13.3. The number of aryl methyl sites for hydroxylation is 1. The molecule has 1 heterocycles. The van der Waals surface area contributed by atoms with Crippen molar-refractivity contribution in [1.29, 1.82) is 0 Å². The molecule has 1 aromatic heterocycles. The van der Waals surface area contributed by atoms with Crippen molar-refractivity contribution in [2.24, 2.45) is 5.92 Å². The molecule has 0 amide bonds. The maximum absolute atomic E-state index is 3.65. The summed E-state index contributed by atoms with van der Waals surface area (Å²) in [6.45, 7) is 10.1. The lowest BCUT2D eigenvalue weighted by Crippen LogP contribution is -2.26. The predicted octanol–water partition coefficient (Wildman–Crippen LogP) is 3.14. The summed E-state index contributed by atoms with van der Waals surface area (Å²) >= 11 is 0. The first-order valence-corrected chi connectivity index (χ1v) is 7.58. The van der Waals surface area contributed by atoms with Crippen molar-refractivity contribution in [1.82, 2.24) is 14.8 Å². The third-order valence-electron chi connectivity index (χ3n) is 3.44. The van der Waals surface area contributed by atoms with Crippen LogP contribution in [0.25, 0.3) is 0 Å². The van der Waals surface area contributed by atoms with E-state index in [1.807, 2.05) is 0 Å². The first-order chi connectivity index (χ1) is 9.04. The minimum Gasteiger partial charge on any atom is -0.354 e. The third kappa shape index (κ3) is 5.79. The van der Waals surface area contributed by atoms with Crippen molar-refractivity contribution >= 4 is 0 Å². The van der Waals surface area contributed by atoms with E-state index in [0.717, 1.165) is 19.6 Å². The van der Waals surface area contributed by atoms with Gasteiger partial charge in [-0.25, -0.2) is 0 Å². The maximum Gasteiger partial charge on any atom is 0.0358 e. The van der Waals surface area contributed by atoms with Crippen LogP contribution < -0.4 is 5.32 Å². The van der Waals surface area contributed by atoms with Crippen molar-refractivity contribution in [2.75, 3.05) is 27.2 Å². The van der Waals surface area contributed by atoms with Gasteiger partial charge in [-0.3, -0.25) is 0 Å². The molecule has 1 unspecified atom stereocenters. The second-order valence-corrected chi connectivity index (χ2v) is 6.02. The van der Waals surface area contributed by atoms with Gasteiger partial charge in [-0.2, -0.15) is 0 Å². The number of nitrogens with one attached hydrogen (secondary N) is 1. The van der Waals surface area contributed by atoms with E-state index in [0.29, 0.717) is 12.0 Å². The van der Waals surface area contributed by atoms with Crippen LogP contribution >= 0.6 is 0 Å². The molecule has 0 aliphatic rings. The molecule has 19 heavy (non-hydrogen) atoms. The molecule has 1 rings (SSSR count). The number of hydrogen-bond donors (Lipinski definition) is 1. The molecule has 110 valence electrons. The molecule has 0 radical (unpaired) electrons. The Bertz CT molecular complexity index is 342. The summed E-state index contributed by atoms with van der Waals surface area (Å²) in [5.41, 5.74) is 1.42. The quantitative estimate of drug-likeness (QED) is 0.740. The van der Waals surface area contributed by atoms with Gasteiger partial charge in [-0.05, 0) is 57.6 Å². The van der Waals surface area contributed by atoms with Crippen molar-refractivity contribution in [3.8, 4) is 0 Å². The van der Waals surface area contributed by atoms with Crippen molar-refractivity contribution < 1.29 is 0 Å². The molecule has 1 aromatic rings. The number of aromatic nitrogens is 1. The van der Waals surface area contributed by atoms with Crippen LogP contribution in [0.2, 0.25) is 0 Å². The van der Waals surface area contributed by atoms with Gasteiger partial charge < -0.3 is 14.8 Å². The van der Waals surface area contributed by atoms with Gasteiger partial charge in [-0.1, -0.05) is 20.8 Å². The monoisotopic (exact) mass is 265 g/mol. The normalized spacial score (nSPS) is 13.4. The molecule has 0 fully saturated rings. The Morgan fingerprint density at radius 1 is 1.32 bits per heavy atom. The summed E-state index contributed by atoms with van der Waals surface area (Å²) in [5.74, 6) is 0.629. The van der Waals surface area contributed by atoms with Crippen LogP contribution in [0, 0.1) is 5.92 Å². The molecule has 0 saturated heterocycles. The van der Waals surface area contributed by atoms with E-state index in [4.69, 9.17) is 0 Å². The average molecular weight is 265 g/mol. The second kappa shape index (κ2) is 8.39. The molecule has 1 N–H and O–H groups in total. The smallest absolute Gasteiger partial charge is 0.0358 e. The highest BCUT2D eigenvalue weighted by Crippen LogP contribution is 2.22. The summed E-state index contributed by atoms with van der Waals surface area (Å²) in [4.78, 5) is 2.24. The molecule has 0 aliphatic carbocycles. The Morgan fingerprint density at radius 3 is 2.63 bits per heavy atom. The fourth-order valence-corrected chi connectivity index (χ4v) is 2.39. The van der Waals surface area contributed by atoms with E-state index in [-0.39, 0.29) is 0 Å². The fraction of sp³-hybridized carbons (Fsp3) is 0.750. The molecule has 1 atom stereocenters. The number of nitrogens with zero attached hydrogens (tertiary/aromatic N) is 2. The molecular weight excluding hydrogens is 234 g/mol. The second-order valence-electron chi connectivity index (χ2n) is 6.02. The Balaban J connectivity index is 2.54. The van der Waals surface area contributed by atoms with Crippen LogP contribution in [0.3, 0.4) is 0 Å². The highest BCUT2D eigenvalue weighted by molar-refractivity contribution is 5.16. The van der Waals surface area contributed by atoms with Gasteiger partial charge in [0.25, 0.3) is 0 Å². The number of rotatable bonds is 9. The largest absolute Gasteiger partial charge is 0.354 e. The van der Waals surface area contributed by atoms with E-state index < -0.39 is 0 Å². The van der Waals surface area contributed by atoms with Gasteiger partial charge >= 0.3 is 0 Å². The Hall–Kier alpha value is -0.800. The van der Waals surface area contributed by atoms with Crippen LogP contribution in [-0.2, 0) is 6.54 Å². The molecular formula is C16H31N3. The standard InChI is InChI=1S/C16H31N3/c1-6-9-17-16(14(2)3)15-8-12-19(13-15)11-7-10-18(4)5/h8,12-14,16-17H,6-7,9-11H2,1-5H3. The lowest BCUT2D eigenvalue weighted by atomic mass is 9.98. The van der Waals surface area contributed by atoms with Gasteiger partial charge in [0.05, 0.1) is 0 Å². The Labute approximate surface area is 119 Å². The molecule has 0 saturated carbocycles. The maximum atomic E-state index is 3.65. The zero-order valence-electron chi connectivity index (χ0n) is 13.3. The van der Waals surface area contributed by atoms with Crippen LogP contribution in [0.5, 0.6) is 0 Å².